The molecule has 1 aliphatic heterocycles. The van der Waals surface area contributed by atoms with E-state index in [9.17, 15) is 4.79 Å². The quantitative estimate of drug-likeness (QED) is 0.732. The Hall–Kier alpha value is -2.95. The van der Waals surface area contributed by atoms with E-state index >= 15 is 0 Å². The van der Waals surface area contributed by atoms with Crippen LogP contribution in [-0.2, 0) is 0 Å². The van der Waals surface area contributed by atoms with Gasteiger partial charge in [0.25, 0.3) is 5.91 Å². The first kappa shape index (κ1) is 15.6. The number of rotatable bonds is 3. The SMILES string of the molecule is O=C(c1ccco1)N1CCCC(c2ccnc(-c3ccccc3)n2)C1. The molecular weight excluding hydrogens is 314 g/mol. The minimum absolute atomic E-state index is 0.0490. The first-order valence-corrected chi connectivity index (χ1v) is 8.52. The second-order valence-electron chi connectivity index (χ2n) is 6.24. The van der Waals surface area contributed by atoms with Gasteiger partial charge in [0, 0.05) is 36.5 Å². The molecule has 0 bridgehead atoms. The Kier molecular flexibility index (Phi) is 4.29. The molecule has 5 nitrogen and oxygen atoms in total. The summed E-state index contributed by atoms with van der Waals surface area (Å²) >= 11 is 0. The number of piperidine rings is 1. The minimum Gasteiger partial charge on any atom is -0.459 e. The first-order chi connectivity index (χ1) is 12.3. The summed E-state index contributed by atoms with van der Waals surface area (Å²) in [5.74, 6) is 1.30. The third kappa shape index (κ3) is 3.31. The largest absolute Gasteiger partial charge is 0.459 e. The van der Waals surface area contributed by atoms with Crippen molar-refractivity contribution < 1.29 is 9.21 Å². The van der Waals surface area contributed by atoms with Crippen molar-refractivity contribution in [2.45, 2.75) is 18.8 Å². The van der Waals surface area contributed by atoms with Crippen LogP contribution in [0.3, 0.4) is 0 Å². The summed E-state index contributed by atoms with van der Waals surface area (Å²) in [5, 5.41) is 0. The lowest BCUT2D eigenvalue weighted by atomic mass is 9.94. The topological polar surface area (TPSA) is 59.2 Å². The zero-order valence-corrected chi connectivity index (χ0v) is 13.8. The molecule has 0 saturated carbocycles. The molecule has 0 radical (unpaired) electrons. The normalized spacial score (nSPS) is 17.4. The molecule has 25 heavy (non-hydrogen) atoms. The molecule has 0 N–H and O–H groups in total. The molecule has 1 saturated heterocycles. The third-order valence-electron chi connectivity index (χ3n) is 4.57. The molecule has 3 heterocycles. The molecule has 3 aromatic rings. The molecule has 2 aromatic heterocycles. The lowest BCUT2D eigenvalue weighted by Crippen LogP contribution is -2.39. The van der Waals surface area contributed by atoms with E-state index in [1.807, 2.05) is 41.3 Å². The Balaban J connectivity index is 1.55. The van der Waals surface area contributed by atoms with E-state index in [-0.39, 0.29) is 11.8 Å². The van der Waals surface area contributed by atoms with Gasteiger partial charge in [-0.15, -0.1) is 0 Å². The smallest absolute Gasteiger partial charge is 0.289 e. The fourth-order valence-corrected chi connectivity index (χ4v) is 3.29. The maximum atomic E-state index is 12.5. The number of furan rings is 1. The van der Waals surface area contributed by atoms with Crippen LogP contribution in [0.25, 0.3) is 11.4 Å². The van der Waals surface area contributed by atoms with E-state index in [0.29, 0.717) is 12.3 Å². The predicted octanol–water partition coefficient (Wildman–Crippen LogP) is 3.76. The van der Waals surface area contributed by atoms with E-state index in [4.69, 9.17) is 9.40 Å². The Morgan fingerprint density at radius 1 is 1.12 bits per heavy atom. The maximum absolute atomic E-state index is 12.5. The number of likely N-dealkylation sites (tertiary alicyclic amines) is 1. The highest BCUT2D eigenvalue weighted by Gasteiger charge is 2.27. The van der Waals surface area contributed by atoms with Gasteiger partial charge in [-0.25, -0.2) is 9.97 Å². The van der Waals surface area contributed by atoms with Gasteiger partial charge in [0.15, 0.2) is 11.6 Å². The molecule has 1 aliphatic rings. The van der Waals surface area contributed by atoms with Crippen LogP contribution >= 0.6 is 0 Å². The van der Waals surface area contributed by atoms with E-state index in [2.05, 4.69) is 4.98 Å². The predicted molar refractivity (Wildman–Crippen MR) is 94.1 cm³/mol. The standard InChI is InChI=1S/C20H19N3O2/c24-20(18-9-5-13-25-18)23-12-4-8-16(14-23)17-10-11-21-19(22-17)15-6-2-1-3-7-15/h1-3,5-7,9-11,13,16H,4,8,12,14H2. The van der Waals surface area contributed by atoms with Gasteiger partial charge in [-0.1, -0.05) is 30.3 Å². The Morgan fingerprint density at radius 2 is 2.00 bits per heavy atom. The molecule has 126 valence electrons. The van der Waals surface area contributed by atoms with Gasteiger partial charge >= 0.3 is 0 Å². The summed E-state index contributed by atoms with van der Waals surface area (Å²) in [4.78, 5) is 23.5. The van der Waals surface area contributed by atoms with Gasteiger partial charge in [0.05, 0.1) is 6.26 Å². The fourth-order valence-electron chi connectivity index (χ4n) is 3.29. The number of amides is 1. The van der Waals surface area contributed by atoms with Crippen LogP contribution in [0, 0.1) is 0 Å². The van der Waals surface area contributed by atoms with Crippen LogP contribution in [0.5, 0.6) is 0 Å². The fraction of sp³-hybridized carbons (Fsp3) is 0.250. The first-order valence-electron chi connectivity index (χ1n) is 8.52. The van der Waals surface area contributed by atoms with E-state index in [1.165, 1.54) is 6.26 Å². The monoisotopic (exact) mass is 333 g/mol. The van der Waals surface area contributed by atoms with E-state index < -0.39 is 0 Å². The molecule has 1 unspecified atom stereocenters. The van der Waals surface area contributed by atoms with Crippen molar-refractivity contribution in [3.63, 3.8) is 0 Å². The van der Waals surface area contributed by atoms with Gasteiger partial charge in [-0.05, 0) is 31.0 Å². The number of aromatic nitrogens is 2. The van der Waals surface area contributed by atoms with Gasteiger partial charge in [-0.3, -0.25) is 4.79 Å². The van der Waals surface area contributed by atoms with Crippen LogP contribution in [-0.4, -0.2) is 33.9 Å². The van der Waals surface area contributed by atoms with Gasteiger partial charge in [-0.2, -0.15) is 0 Å². The summed E-state index contributed by atoms with van der Waals surface area (Å²) < 4.78 is 5.25. The summed E-state index contributed by atoms with van der Waals surface area (Å²) in [5.41, 5.74) is 1.99. The molecule has 1 atom stereocenters. The van der Waals surface area contributed by atoms with Crippen molar-refractivity contribution in [1.82, 2.24) is 14.9 Å². The summed E-state index contributed by atoms with van der Waals surface area (Å²) in [6.45, 7) is 1.41. The van der Waals surface area contributed by atoms with Crippen LogP contribution in [0.2, 0.25) is 0 Å². The highest BCUT2D eigenvalue weighted by molar-refractivity contribution is 5.91. The Bertz CT molecular complexity index is 846. The van der Waals surface area contributed by atoms with E-state index in [0.717, 1.165) is 36.5 Å². The zero-order valence-electron chi connectivity index (χ0n) is 13.8. The number of hydrogen-bond donors (Lipinski definition) is 0. The van der Waals surface area contributed by atoms with Crippen molar-refractivity contribution in [3.05, 3.63) is 72.4 Å². The molecule has 1 aromatic carbocycles. The summed E-state index contributed by atoms with van der Waals surface area (Å²) in [7, 11) is 0. The van der Waals surface area contributed by atoms with Crippen LogP contribution in [0.1, 0.15) is 35.0 Å². The van der Waals surface area contributed by atoms with Crippen molar-refractivity contribution in [2.24, 2.45) is 0 Å². The van der Waals surface area contributed by atoms with Crippen LogP contribution < -0.4 is 0 Å². The second-order valence-corrected chi connectivity index (χ2v) is 6.24. The Labute approximate surface area is 146 Å². The summed E-state index contributed by atoms with van der Waals surface area (Å²) in [6, 6.07) is 15.4. The van der Waals surface area contributed by atoms with Crippen molar-refractivity contribution in [1.29, 1.82) is 0 Å². The third-order valence-corrected chi connectivity index (χ3v) is 4.57. The van der Waals surface area contributed by atoms with Crippen LogP contribution in [0.15, 0.2) is 65.4 Å². The average molecular weight is 333 g/mol. The zero-order chi connectivity index (χ0) is 17.1. The second kappa shape index (κ2) is 6.89. The Morgan fingerprint density at radius 3 is 2.80 bits per heavy atom. The molecule has 4 rings (SSSR count). The van der Waals surface area contributed by atoms with Crippen molar-refractivity contribution in [3.8, 4) is 11.4 Å². The highest BCUT2D eigenvalue weighted by atomic mass is 16.3. The lowest BCUT2D eigenvalue weighted by Gasteiger charge is -2.32. The number of nitrogens with zero attached hydrogens (tertiary/aromatic N) is 3. The number of carbonyl (C=O) groups excluding carboxylic acids is 1. The maximum Gasteiger partial charge on any atom is 0.289 e. The van der Waals surface area contributed by atoms with Crippen LogP contribution in [0.4, 0.5) is 0 Å². The van der Waals surface area contributed by atoms with E-state index in [1.54, 1.807) is 18.3 Å². The molecule has 0 spiro atoms. The lowest BCUT2D eigenvalue weighted by molar-refractivity contribution is 0.0673. The molecular formula is C20H19N3O2. The number of carbonyl (C=O) groups is 1. The van der Waals surface area contributed by atoms with Crippen molar-refractivity contribution >= 4 is 5.91 Å². The summed E-state index contributed by atoms with van der Waals surface area (Å²) in [6.07, 6.45) is 5.32. The molecule has 1 fully saturated rings. The number of benzene rings is 1. The van der Waals surface area contributed by atoms with Gasteiger partial charge in [0.2, 0.25) is 0 Å². The molecule has 1 amide bonds. The van der Waals surface area contributed by atoms with Gasteiger partial charge in [0.1, 0.15) is 0 Å². The minimum atomic E-state index is -0.0490. The molecule has 5 heteroatoms. The number of hydrogen-bond acceptors (Lipinski definition) is 4. The molecule has 0 aliphatic carbocycles. The van der Waals surface area contributed by atoms with Gasteiger partial charge < -0.3 is 9.32 Å². The average Bonchev–Trinajstić information content (AvgIpc) is 3.23. The van der Waals surface area contributed by atoms with Crippen molar-refractivity contribution in [2.75, 3.05) is 13.1 Å². The highest BCUT2D eigenvalue weighted by Crippen LogP contribution is 2.27.